The number of rotatable bonds is 4. The molecule has 5 nitrogen and oxygen atoms in total. The maximum atomic E-state index is 12.6. The number of sulfonamides is 1. The van der Waals surface area contributed by atoms with Crippen LogP contribution in [0.2, 0.25) is 0 Å². The fourth-order valence-corrected chi connectivity index (χ4v) is 4.31. The number of ether oxygens (including phenoxy) is 1. The summed E-state index contributed by atoms with van der Waals surface area (Å²) in [5.74, 6) is 1.70. The van der Waals surface area contributed by atoms with Crippen LogP contribution in [0, 0.1) is 11.8 Å². The average Bonchev–Trinajstić information content (AvgIpc) is 2.47. The van der Waals surface area contributed by atoms with Gasteiger partial charge in [0.05, 0.1) is 17.7 Å². The van der Waals surface area contributed by atoms with E-state index < -0.39 is 10.0 Å². The number of hydrogen-bond donors (Lipinski definition) is 1. The minimum atomic E-state index is -3.46. The molecule has 1 aliphatic rings. The Bertz CT molecular complexity index is 591. The Labute approximate surface area is 127 Å². The zero-order valence-corrected chi connectivity index (χ0v) is 13.7. The molecule has 1 saturated heterocycles. The van der Waals surface area contributed by atoms with Crippen molar-refractivity contribution in [3.05, 3.63) is 18.2 Å². The molecule has 0 unspecified atom stereocenters. The predicted octanol–water partition coefficient (Wildman–Crippen LogP) is 2.33. The maximum absolute atomic E-state index is 12.6. The summed E-state index contributed by atoms with van der Waals surface area (Å²) in [6, 6.07) is 4.63. The zero-order chi connectivity index (χ0) is 15.6. The van der Waals surface area contributed by atoms with Crippen LogP contribution in [0.15, 0.2) is 23.1 Å². The number of nitrogens with zero attached hydrogens (tertiary/aromatic N) is 1. The lowest BCUT2D eigenvalue weighted by Crippen LogP contribution is -2.39. The number of benzene rings is 1. The maximum Gasteiger partial charge on any atom is 0.243 e. The zero-order valence-electron chi connectivity index (χ0n) is 12.9. The molecule has 6 heteroatoms. The number of methoxy groups -OCH3 is 1. The molecule has 0 aliphatic carbocycles. The summed E-state index contributed by atoms with van der Waals surface area (Å²) in [4.78, 5) is 0.240. The fourth-order valence-electron chi connectivity index (χ4n) is 2.80. The topological polar surface area (TPSA) is 72.6 Å². The van der Waals surface area contributed by atoms with Gasteiger partial charge < -0.3 is 10.5 Å². The van der Waals surface area contributed by atoms with E-state index in [1.54, 1.807) is 16.4 Å². The molecule has 2 rings (SSSR count). The number of anilines is 1. The summed E-state index contributed by atoms with van der Waals surface area (Å²) < 4.78 is 31.9. The third-order valence-electron chi connectivity index (χ3n) is 4.28. The average molecular weight is 312 g/mol. The molecule has 0 spiro atoms. The van der Waals surface area contributed by atoms with Gasteiger partial charge in [-0.3, -0.25) is 0 Å². The minimum Gasteiger partial charge on any atom is -0.495 e. The summed E-state index contributed by atoms with van der Waals surface area (Å²) in [7, 11) is -1.95. The third-order valence-corrected chi connectivity index (χ3v) is 6.17. The van der Waals surface area contributed by atoms with E-state index in [2.05, 4.69) is 13.8 Å². The van der Waals surface area contributed by atoms with Gasteiger partial charge in [-0.2, -0.15) is 4.31 Å². The monoisotopic (exact) mass is 312 g/mol. The minimum absolute atomic E-state index is 0.240. The van der Waals surface area contributed by atoms with Crippen LogP contribution in [0.25, 0.3) is 0 Å². The van der Waals surface area contributed by atoms with E-state index in [0.717, 1.165) is 12.8 Å². The second-order valence-electron chi connectivity index (χ2n) is 5.89. The highest BCUT2D eigenvalue weighted by Crippen LogP contribution is 2.30. The first kappa shape index (κ1) is 16.1. The van der Waals surface area contributed by atoms with Crippen LogP contribution in [-0.2, 0) is 10.0 Å². The van der Waals surface area contributed by atoms with E-state index in [-0.39, 0.29) is 4.90 Å². The first-order valence-electron chi connectivity index (χ1n) is 7.30. The number of nitrogen functional groups attached to an aromatic ring is 1. The van der Waals surface area contributed by atoms with Gasteiger partial charge in [-0.25, -0.2) is 8.42 Å². The highest BCUT2D eigenvalue weighted by Gasteiger charge is 2.30. The highest BCUT2D eigenvalue weighted by molar-refractivity contribution is 7.89. The van der Waals surface area contributed by atoms with Crippen molar-refractivity contribution < 1.29 is 13.2 Å². The van der Waals surface area contributed by atoms with Crippen molar-refractivity contribution in [1.82, 2.24) is 4.31 Å². The van der Waals surface area contributed by atoms with Crippen molar-refractivity contribution in [1.29, 1.82) is 0 Å². The Morgan fingerprint density at radius 2 is 1.90 bits per heavy atom. The number of piperidine rings is 1. The number of nitrogens with two attached hydrogens (primary N) is 1. The molecule has 1 aromatic rings. The molecular weight excluding hydrogens is 288 g/mol. The Kier molecular flexibility index (Phi) is 4.78. The van der Waals surface area contributed by atoms with Gasteiger partial charge in [0, 0.05) is 13.1 Å². The quantitative estimate of drug-likeness (QED) is 0.866. The smallest absolute Gasteiger partial charge is 0.243 e. The van der Waals surface area contributed by atoms with Crippen LogP contribution in [0.5, 0.6) is 5.75 Å². The van der Waals surface area contributed by atoms with Gasteiger partial charge in [0.1, 0.15) is 5.75 Å². The van der Waals surface area contributed by atoms with Crippen LogP contribution in [0.1, 0.15) is 26.7 Å². The molecule has 1 fully saturated rings. The van der Waals surface area contributed by atoms with Crippen molar-refractivity contribution in [2.24, 2.45) is 11.8 Å². The summed E-state index contributed by atoms with van der Waals surface area (Å²) in [6.07, 6.45) is 1.84. The van der Waals surface area contributed by atoms with Crippen molar-refractivity contribution in [2.45, 2.75) is 31.6 Å². The van der Waals surface area contributed by atoms with Crippen LogP contribution in [0.4, 0.5) is 5.69 Å². The second kappa shape index (κ2) is 6.23. The third kappa shape index (κ3) is 3.32. The van der Waals surface area contributed by atoms with Gasteiger partial charge in [-0.1, -0.05) is 13.8 Å². The SMILES string of the molecule is COc1ccc(S(=O)(=O)N2CCC(C(C)C)CC2)cc1N. The fraction of sp³-hybridized carbons (Fsp3) is 0.600. The molecule has 118 valence electrons. The molecule has 0 atom stereocenters. The predicted molar refractivity (Wildman–Crippen MR) is 83.7 cm³/mol. The highest BCUT2D eigenvalue weighted by atomic mass is 32.2. The van der Waals surface area contributed by atoms with E-state index in [1.165, 1.54) is 13.2 Å². The lowest BCUT2D eigenvalue weighted by Gasteiger charge is -2.33. The second-order valence-corrected chi connectivity index (χ2v) is 7.83. The van der Waals surface area contributed by atoms with Crippen LogP contribution in [-0.4, -0.2) is 32.9 Å². The standard InChI is InChI=1S/C15H24N2O3S/c1-11(2)12-6-8-17(9-7-12)21(18,19)13-4-5-15(20-3)14(16)10-13/h4-5,10-12H,6-9,16H2,1-3H3. The van der Waals surface area contributed by atoms with Crippen molar-refractivity contribution in [2.75, 3.05) is 25.9 Å². The lowest BCUT2D eigenvalue weighted by molar-refractivity contribution is 0.226. The van der Waals surface area contributed by atoms with Crippen molar-refractivity contribution in [3.8, 4) is 5.75 Å². The van der Waals surface area contributed by atoms with Gasteiger partial charge in [0.15, 0.2) is 0 Å². The summed E-state index contributed by atoms with van der Waals surface area (Å²) in [5.41, 5.74) is 6.16. The van der Waals surface area contributed by atoms with Crippen LogP contribution < -0.4 is 10.5 Å². The molecule has 1 aromatic carbocycles. The van der Waals surface area contributed by atoms with Crippen LogP contribution >= 0.6 is 0 Å². The summed E-state index contributed by atoms with van der Waals surface area (Å²) >= 11 is 0. The van der Waals surface area contributed by atoms with Gasteiger partial charge in [-0.15, -0.1) is 0 Å². The normalized spacial score (nSPS) is 18.1. The molecule has 0 amide bonds. The van der Waals surface area contributed by atoms with E-state index in [0.29, 0.717) is 36.4 Å². The molecule has 2 N–H and O–H groups in total. The largest absolute Gasteiger partial charge is 0.495 e. The molecule has 21 heavy (non-hydrogen) atoms. The first-order chi connectivity index (χ1) is 9.86. The summed E-state index contributed by atoms with van der Waals surface area (Å²) in [5, 5.41) is 0. The molecular formula is C15H24N2O3S. The van der Waals surface area contributed by atoms with E-state index in [9.17, 15) is 8.42 Å². The molecule has 0 bridgehead atoms. The van der Waals surface area contributed by atoms with E-state index in [1.807, 2.05) is 0 Å². The molecule has 1 heterocycles. The van der Waals surface area contributed by atoms with E-state index in [4.69, 9.17) is 10.5 Å². The molecule has 1 aliphatic heterocycles. The Hall–Kier alpha value is -1.27. The number of hydrogen-bond acceptors (Lipinski definition) is 4. The van der Waals surface area contributed by atoms with Crippen LogP contribution in [0.3, 0.4) is 0 Å². The molecule has 0 aromatic heterocycles. The molecule has 0 saturated carbocycles. The van der Waals surface area contributed by atoms with Gasteiger partial charge >= 0.3 is 0 Å². The van der Waals surface area contributed by atoms with E-state index >= 15 is 0 Å². The van der Waals surface area contributed by atoms with Crippen molar-refractivity contribution in [3.63, 3.8) is 0 Å². The molecule has 0 radical (unpaired) electrons. The Morgan fingerprint density at radius 1 is 1.29 bits per heavy atom. The van der Waals surface area contributed by atoms with Gasteiger partial charge in [-0.05, 0) is 42.9 Å². The van der Waals surface area contributed by atoms with Crippen molar-refractivity contribution >= 4 is 15.7 Å². The van der Waals surface area contributed by atoms with Gasteiger partial charge in [0.2, 0.25) is 10.0 Å². The lowest BCUT2D eigenvalue weighted by atomic mass is 9.87. The summed E-state index contributed by atoms with van der Waals surface area (Å²) in [6.45, 7) is 5.55. The Balaban J connectivity index is 2.17. The van der Waals surface area contributed by atoms with Gasteiger partial charge in [0.25, 0.3) is 0 Å². The first-order valence-corrected chi connectivity index (χ1v) is 8.74. The Morgan fingerprint density at radius 3 is 2.38 bits per heavy atom.